The summed E-state index contributed by atoms with van der Waals surface area (Å²) >= 11 is 1.46. The van der Waals surface area contributed by atoms with Crippen LogP contribution in [0.4, 0.5) is 0 Å². The van der Waals surface area contributed by atoms with E-state index in [0.717, 1.165) is 58.3 Å². The van der Waals surface area contributed by atoms with Crippen molar-refractivity contribution < 1.29 is 9.21 Å². The van der Waals surface area contributed by atoms with Gasteiger partial charge in [0, 0.05) is 25.1 Å². The fourth-order valence-electron chi connectivity index (χ4n) is 4.25. The van der Waals surface area contributed by atoms with Crippen molar-refractivity contribution in [2.45, 2.75) is 29.6 Å². The second-order valence-electron chi connectivity index (χ2n) is 8.01. The summed E-state index contributed by atoms with van der Waals surface area (Å²) in [5.41, 5.74) is 0.838. The molecule has 1 atom stereocenters. The molecule has 2 aromatic carbocycles. The van der Waals surface area contributed by atoms with E-state index in [1.807, 2.05) is 54.1 Å². The predicted molar refractivity (Wildman–Crippen MR) is 120 cm³/mol. The third-order valence-electron chi connectivity index (χ3n) is 5.81. The lowest BCUT2D eigenvalue weighted by Gasteiger charge is -2.31. The van der Waals surface area contributed by atoms with Gasteiger partial charge in [-0.2, -0.15) is 0 Å². The van der Waals surface area contributed by atoms with Gasteiger partial charge in [-0.3, -0.25) is 9.69 Å². The number of ketones is 1. The summed E-state index contributed by atoms with van der Waals surface area (Å²) in [5, 5.41) is 11.7. The van der Waals surface area contributed by atoms with Gasteiger partial charge in [0.1, 0.15) is 12.1 Å². The lowest BCUT2D eigenvalue weighted by molar-refractivity contribution is 0.0803. The maximum absolute atomic E-state index is 13.4. The van der Waals surface area contributed by atoms with Crippen molar-refractivity contribution in [2.24, 2.45) is 13.0 Å². The monoisotopic (exact) mass is 432 g/mol. The van der Waals surface area contributed by atoms with E-state index >= 15 is 0 Å². The van der Waals surface area contributed by atoms with E-state index in [1.165, 1.54) is 11.8 Å². The molecule has 1 aliphatic rings. The highest BCUT2D eigenvalue weighted by Crippen LogP contribution is 2.29. The van der Waals surface area contributed by atoms with Gasteiger partial charge in [0.25, 0.3) is 0 Å². The highest BCUT2D eigenvalue weighted by atomic mass is 32.2. The standard InChI is InChI=1S/C24H24N4O2S/c1-27-16-25-26-24(27)31-22-12-11-19(30-22)15-28-13-5-8-18(14-28)23(29)21-10-4-7-17-6-2-3-9-20(17)21/h2-4,6-7,9-12,16,18H,5,8,13-15H2,1H3/t18-/m1/s1. The van der Waals surface area contributed by atoms with E-state index in [-0.39, 0.29) is 11.7 Å². The number of aryl methyl sites for hydroxylation is 1. The van der Waals surface area contributed by atoms with Gasteiger partial charge in [0.15, 0.2) is 16.0 Å². The largest absolute Gasteiger partial charge is 0.453 e. The Balaban J connectivity index is 1.26. The highest BCUT2D eigenvalue weighted by Gasteiger charge is 2.28. The Morgan fingerprint density at radius 3 is 2.90 bits per heavy atom. The van der Waals surface area contributed by atoms with Crippen LogP contribution in [-0.2, 0) is 13.6 Å². The summed E-state index contributed by atoms with van der Waals surface area (Å²) in [5.74, 6) is 1.17. The molecule has 0 spiro atoms. The Hall–Kier alpha value is -2.90. The van der Waals surface area contributed by atoms with E-state index in [9.17, 15) is 4.79 Å². The van der Waals surface area contributed by atoms with Crippen LogP contribution in [0.5, 0.6) is 0 Å². The fourth-order valence-corrected chi connectivity index (χ4v) is 4.99. The maximum atomic E-state index is 13.4. The number of benzene rings is 2. The minimum atomic E-state index is 0.0157. The Morgan fingerprint density at radius 2 is 2.03 bits per heavy atom. The zero-order valence-corrected chi connectivity index (χ0v) is 18.2. The molecule has 0 unspecified atom stereocenters. The van der Waals surface area contributed by atoms with E-state index in [4.69, 9.17) is 4.42 Å². The van der Waals surface area contributed by atoms with Crippen LogP contribution in [-0.4, -0.2) is 38.5 Å². The average molecular weight is 433 g/mol. The van der Waals surface area contributed by atoms with E-state index < -0.39 is 0 Å². The summed E-state index contributed by atoms with van der Waals surface area (Å²) in [6.07, 6.45) is 3.62. The number of piperidine rings is 1. The van der Waals surface area contributed by atoms with Crippen molar-refractivity contribution >= 4 is 28.3 Å². The fraction of sp³-hybridized carbons (Fsp3) is 0.292. The van der Waals surface area contributed by atoms with Gasteiger partial charge in [-0.15, -0.1) is 10.2 Å². The Kier molecular flexibility index (Phi) is 5.61. The second-order valence-corrected chi connectivity index (χ2v) is 8.98. The first kappa shape index (κ1) is 20.0. The molecule has 5 rings (SSSR count). The normalized spacial score (nSPS) is 17.3. The van der Waals surface area contributed by atoms with Crippen molar-refractivity contribution in [1.29, 1.82) is 0 Å². The molecule has 1 fully saturated rings. The van der Waals surface area contributed by atoms with Crippen molar-refractivity contribution in [3.8, 4) is 0 Å². The quantitative estimate of drug-likeness (QED) is 0.408. The maximum Gasteiger partial charge on any atom is 0.198 e. The summed E-state index contributed by atoms with van der Waals surface area (Å²) in [6, 6.07) is 18.1. The van der Waals surface area contributed by atoms with Crippen LogP contribution in [0, 0.1) is 5.92 Å². The Morgan fingerprint density at radius 1 is 1.16 bits per heavy atom. The number of fused-ring (bicyclic) bond motifs is 1. The van der Waals surface area contributed by atoms with Gasteiger partial charge in [0.2, 0.25) is 0 Å². The van der Waals surface area contributed by atoms with Crippen LogP contribution in [0.25, 0.3) is 10.8 Å². The summed E-state index contributed by atoms with van der Waals surface area (Å²) in [7, 11) is 1.91. The molecular weight excluding hydrogens is 408 g/mol. The molecule has 0 bridgehead atoms. The Bertz CT molecular complexity index is 1210. The van der Waals surface area contributed by atoms with Crippen LogP contribution < -0.4 is 0 Å². The SMILES string of the molecule is Cn1cnnc1Sc1ccc(CN2CCC[C@@H](C(=O)c3cccc4ccccc34)C2)o1. The molecule has 7 heteroatoms. The first-order valence-electron chi connectivity index (χ1n) is 10.5. The molecule has 3 heterocycles. The molecule has 158 valence electrons. The van der Waals surface area contributed by atoms with Crippen molar-refractivity contribution in [1.82, 2.24) is 19.7 Å². The lowest BCUT2D eigenvalue weighted by atomic mass is 9.88. The number of hydrogen-bond acceptors (Lipinski definition) is 6. The number of aromatic nitrogens is 3. The summed E-state index contributed by atoms with van der Waals surface area (Å²) in [4.78, 5) is 15.7. The number of carbonyl (C=O) groups excluding carboxylic acids is 1. The number of carbonyl (C=O) groups is 1. The van der Waals surface area contributed by atoms with Gasteiger partial charge >= 0.3 is 0 Å². The number of furan rings is 1. The number of hydrogen-bond donors (Lipinski definition) is 0. The van der Waals surface area contributed by atoms with Gasteiger partial charge in [0.05, 0.1) is 6.54 Å². The second kappa shape index (κ2) is 8.69. The smallest absolute Gasteiger partial charge is 0.198 e. The molecule has 1 saturated heterocycles. The van der Waals surface area contributed by atoms with Crippen LogP contribution in [0.2, 0.25) is 0 Å². The molecule has 0 radical (unpaired) electrons. The van der Waals surface area contributed by atoms with Crippen LogP contribution >= 0.6 is 11.8 Å². The minimum absolute atomic E-state index is 0.0157. The number of likely N-dealkylation sites (tertiary alicyclic amines) is 1. The lowest BCUT2D eigenvalue weighted by Crippen LogP contribution is -2.38. The molecule has 0 amide bonds. The van der Waals surface area contributed by atoms with Crippen LogP contribution in [0.1, 0.15) is 29.0 Å². The first-order valence-corrected chi connectivity index (χ1v) is 11.3. The molecule has 2 aromatic heterocycles. The third kappa shape index (κ3) is 4.29. The van der Waals surface area contributed by atoms with Gasteiger partial charge in [-0.05, 0) is 54.1 Å². The van der Waals surface area contributed by atoms with Gasteiger partial charge in [-0.25, -0.2) is 0 Å². The summed E-state index contributed by atoms with van der Waals surface area (Å²) in [6.45, 7) is 2.44. The van der Waals surface area contributed by atoms with Crippen molar-refractivity contribution in [2.75, 3.05) is 13.1 Å². The summed E-state index contributed by atoms with van der Waals surface area (Å²) < 4.78 is 7.87. The minimum Gasteiger partial charge on any atom is -0.453 e. The molecule has 6 nitrogen and oxygen atoms in total. The number of nitrogens with zero attached hydrogens (tertiary/aromatic N) is 4. The van der Waals surface area contributed by atoms with Crippen molar-refractivity contribution in [3.63, 3.8) is 0 Å². The number of rotatable bonds is 6. The molecule has 0 N–H and O–H groups in total. The van der Waals surface area contributed by atoms with Crippen LogP contribution in [0.3, 0.4) is 0 Å². The number of Topliss-reactive ketones (excluding diaryl/α,β-unsaturated/α-hetero) is 1. The predicted octanol–water partition coefficient (Wildman–Crippen LogP) is 4.81. The third-order valence-corrected chi connectivity index (χ3v) is 6.78. The van der Waals surface area contributed by atoms with E-state index in [1.54, 1.807) is 6.33 Å². The van der Waals surface area contributed by atoms with Gasteiger partial charge in [-0.1, -0.05) is 42.5 Å². The van der Waals surface area contributed by atoms with E-state index in [0.29, 0.717) is 6.54 Å². The molecule has 31 heavy (non-hydrogen) atoms. The first-order chi connectivity index (χ1) is 15.2. The highest BCUT2D eigenvalue weighted by molar-refractivity contribution is 7.99. The zero-order chi connectivity index (χ0) is 21.2. The van der Waals surface area contributed by atoms with Crippen molar-refractivity contribution in [3.05, 3.63) is 72.2 Å². The van der Waals surface area contributed by atoms with Gasteiger partial charge < -0.3 is 8.98 Å². The zero-order valence-electron chi connectivity index (χ0n) is 17.4. The van der Waals surface area contributed by atoms with E-state index in [2.05, 4.69) is 27.2 Å². The molecule has 4 aromatic rings. The molecular formula is C24H24N4O2S. The molecule has 1 aliphatic heterocycles. The van der Waals surface area contributed by atoms with Crippen LogP contribution in [0.15, 0.2) is 75.6 Å². The molecule has 0 aliphatic carbocycles. The molecule has 0 saturated carbocycles. The Labute approximate surface area is 185 Å². The topological polar surface area (TPSA) is 64.2 Å². The average Bonchev–Trinajstić information content (AvgIpc) is 3.42.